The lowest BCUT2D eigenvalue weighted by molar-refractivity contribution is -0.143. The van der Waals surface area contributed by atoms with Crippen LogP contribution in [0.3, 0.4) is 0 Å². The molecule has 0 spiro atoms. The summed E-state index contributed by atoms with van der Waals surface area (Å²) in [5, 5.41) is 0. The predicted octanol–water partition coefficient (Wildman–Crippen LogP) is 2.69. The van der Waals surface area contributed by atoms with E-state index in [1.165, 1.54) is 11.1 Å². The summed E-state index contributed by atoms with van der Waals surface area (Å²) in [6, 6.07) is 4.00. The van der Waals surface area contributed by atoms with Crippen LogP contribution in [0.2, 0.25) is 0 Å². The van der Waals surface area contributed by atoms with Gasteiger partial charge in [-0.2, -0.15) is 0 Å². The fourth-order valence-electron chi connectivity index (χ4n) is 2.65. The highest BCUT2D eigenvalue weighted by Gasteiger charge is 2.27. The zero-order valence-corrected chi connectivity index (χ0v) is 11.7. The number of hydrogen-bond donors (Lipinski definition) is 0. The molecule has 0 fully saturated rings. The largest absolute Gasteiger partial charge is 0.493 e. The van der Waals surface area contributed by atoms with Crippen molar-refractivity contribution in [3.8, 4) is 11.5 Å². The first kappa shape index (κ1) is 13.7. The summed E-state index contributed by atoms with van der Waals surface area (Å²) in [7, 11) is 3.26. The van der Waals surface area contributed by atoms with E-state index in [4.69, 9.17) is 14.2 Å². The molecule has 1 aliphatic rings. The number of carbonyl (C=O) groups is 1. The summed E-state index contributed by atoms with van der Waals surface area (Å²) < 4.78 is 15.6. The Morgan fingerprint density at radius 1 is 1.26 bits per heavy atom. The van der Waals surface area contributed by atoms with E-state index < -0.39 is 0 Å². The molecule has 1 aromatic carbocycles. The van der Waals surface area contributed by atoms with Gasteiger partial charge in [0.1, 0.15) is 0 Å². The Kier molecular flexibility index (Phi) is 4.30. The molecule has 1 aromatic rings. The minimum atomic E-state index is -0.130. The van der Waals surface area contributed by atoms with Crippen molar-refractivity contribution in [1.29, 1.82) is 0 Å². The molecule has 4 nitrogen and oxygen atoms in total. The zero-order chi connectivity index (χ0) is 13.8. The monoisotopic (exact) mass is 264 g/mol. The first-order valence-corrected chi connectivity index (χ1v) is 6.60. The van der Waals surface area contributed by atoms with Gasteiger partial charge in [0, 0.05) is 0 Å². The molecule has 0 saturated heterocycles. The van der Waals surface area contributed by atoms with E-state index in [0.717, 1.165) is 24.3 Å². The molecular formula is C15H20O4. The van der Waals surface area contributed by atoms with Crippen LogP contribution in [0.1, 0.15) is 36.8 Å². The molecule has 2 rings (SSSR count). The minimum Gasteiger partial charge on any atom is -0.493 e. The van der Waals surface area contributed by atoms with Gasteiger partial charge in [0.05, 0.1) is 27.2 Å². The van der Waals surface area contributed by atoms with E-state index in [1.807, 2.05) is 19.1 Å². The van der Waals surface area contributed by atoms with Gasteiger partial charge in [-0.1, -0.05) is 0 Å². The van der Waals surface area contributed by atoms with Crippen LogP contribution < -0.4 is 9.47 Å². The van der Waals surface area contributed by atoms with E-state index in [9.17, 15) is 4.79 Å². The van der Waals surface area contributed by atoms with Crippen LogP contribution in [0.5, 0.6) is 11.5 Å². The fourth-order valence-corrected chi connectivity index (χ4v) is 2.65. The maximum absolute atomic E-state index is 11.6. The molecule has 0 heterocycles. The summed E-state index contributed by atoms with van der Waals surface area (Å²) in [5.74, 6) is 1.57. The lowest BCUT2D eigenvalue weighted by atomic mass is 9.97. The Bertz CT molecular complexity index is 467. The van der Waals surface area contributed by atoms with Crippen LogP contribution in [0.25, 0.3) is 0 Å². The summed E-state index contributed by atoms with van der Waals surface area (Å²) in [4.78, 5) is 11.6. The molecule has 0 bridgehead atoms. The van der Waals surface area contributed by atoms with E-state index in [-0.39, 0.29) is 11.9 Å². The second kappa shape index (κ2) is 5.95. The van der Waals surface area contributed by atoms with Crippen LogP contribution in [-0.2, 0) is 16.0 Å². The quantitative estimate of drug-likeness (QED) is 0.767. The molecule has 0 aromatic heterocycles. The summed E-state index contributed by atoms with van der Waals surface area (Å²) in [6.07, 6.45) is 2.39. The smallest absolute Gasteiger partial charge is 0.306 e. The Morgan fingerprint density at radius 3 is 2.58 bits per heavy atom. The van der Waals surface area contributed by atoms with Crippen molar-refractivity contribution < 1.29 is 19.0 Å². The third-order valence-electron chi connectivity index (χ3n) is 3.57. The minimum absolute atomic E-state index is 0.130. The van der Waals surface area contributed by atoms with Gasteiger partial charge in [0.2, 0.25) is 0 Å². The Hall–Kier alpha value is -1.71. The van der Waals surface area contributed by atoms with E-state index in [2.05, 4.69) is 0 Å². The standard InChI is InChI=1S/C15H20O4/c1-4-19-15(16)8-11-6-5-10-7-13(17-2)14(18-3)9-12(10)11/h7,9,11H,4-6,8H2,1-3H3. The number of methoxy groups -OCH3 is 2. The summed E-state index contributed by atoms with van der Waals surface area (Å²) in [5.41, 5.74) is 2.43. The number of esters is 1. The molecule has 0 radical (unpaired) electrons. The number of ether oxygens (including phenoxy) is 3. The molecule has 19 heavy (non-hydrogen) atoms. The van der Waals surface area contributed by atoms with Crippen molar-refractivity contribution in [2.45, 2.75) is 32.1 Å². The van der Waals surface area contributed by atoms with Crippen molar-refractivity contribution in [3.63, 3.8) is 0 Å². The molecule has 104 valence electrons. The molecule has 0 N–H and O–H groups in total. The van der Waals surface area contributed by atoms with E-state index in [1.54, 1.807) is 14.2 Å². The second-order valence-electron chi connectivity index (χ2n) is 4.65. The third kappa shape index (κ3) is 2.83. The normalized spacial score (nSPS) is 16.9. The van der Waals surface area contributed by atoms with Gasteiger partial charge in [-0.3, -0.25) is 4.79 Å². The topological polar surface area (TPSA) is 44.8 Å². The maximum Gasteiger partial charge on any atom is 0.306 e. The van der Waals surface area contributed by atoms with Crippen molar-refractivity contribution in [3.05, 3.63) is 23.3 Å². The van der Waals surface area contributed by atoms with Crippen molar-refractivity contribution >= 4 is 5.97 Å². The number of aryl methyl sites for hydroxylation is 1. The zero-order valence-electron chi connectivity index (χ0n) is 11.7. The molecule has 0 amide bonds. The molecule has 1 aliphatic carbocycles. The van der Waals surface area contributed by atoms with Crippen LogP contribution in [0.15, 0.2) is 12.1 Å². The molecule has 0 aliphatic heterocycles. The van der Waals surface area contributed by atoms with Crippen LogP contribution >= 0.6 is 0 Å². The first-order chi connectivity index (χ1) is 9.19. The van der Waals surface area contributed by atoms with Crippen LogP contribution in [-0.4, -0.2) is 26.8 Å². The van der Waals surface area contributed by atoms with Gasteiger partial charge in [0.25, 0.3) is 0 Å². The van der Waals surface area contributed by atoms with E-state index >= 15 is 0 Å². The van der Waals surface area contributed by atoms with Gasteiger partial charge >= 0.3 is 5.97 Å². The molecule has 1 atom stereocenters. The number of fused-ring (bicyclic) bond motifs is 1. The Balaban J connectivity index is 2.21. The predicted molar refractivity (Wildman–Crippen MR) is 71.9 cm³/mol. The molecule has 0 saturated carbocycles. The number of rotatable bonds is 5. The highest BCUT2D eigenvalue weighted by atomic mass is 16.5. The molecular weight excluding hydrogens is 244 g/mol. The average Bonchev–Trinajstić information content (AvgIpc) is 2.79. The SMILES string of the molecule is CCOC(=O)CC1CCc2cc(OC)c(OC)cc21. The molecule has 4 heteroatoms. The lowest BCUT2D eigenvalue weighted by Gasteiger charge is -2.14. The van der Waals surface area contributed by atoms with Crippen LogP contribution in [0.4, 0.5) is 0 Å². The third-order valence-corrected chi connectivity index (χ3v) is 3.57. The molecule has 1 unspecified atom stereocenters. The first-order valence-electron chi connectivity index (χ1n) is 6.60. The van der Waals surface area contributed by atoms with E-state index in [0.29, 0.717) is 13.0 Å². The fraction of sp³-hybridized carbons (Fsp3) is 0.533. The number of benzene rings is 1. The van der Waals surface area contributed by atoms with Gasteiger partial charge in [-0.25, -0.2) is 0 Å². The highest BCUT2D eigenvalue weighted by molar-refractivity contribution is 5.71. The van der Waals surface area contributed by atoms with Gasteiger partial charge < -0.3 is 14.2 Å². The van der Waals surface area contributed by atoms with Gasteiger partial charge in [-0.15, -0.1) is 0 Å². The number of hydrogen-bond acceptors (Lipinski definition) is 4. The van der Waals surface area contributed by atoms with Gasteiger partial charge in [-0.05, 0) is 48.9 Å². The van der Waals surface area contributed by atoms with Crippen LogP contribution in [0, 0.1) is 0 Å². The van der Waals surface area contributed by atoms with Crippen molar-refractivity contribution in [2.75, 3.05) is 20.8 Å². The maximum atomic E-state index is 11.6. The Labute approximate surface area is 113 Å². The summed E-state index contributed by atoms with van der Waals surface area (Å²) >= 11 is 0. The Morgan fingerprint density at radius 2 is 1.95 bits per heavy atom. The summed E-state index contributed by atoms with van der Waals surface area (Å²) in [6.45, 7) is 2.26. The number of carbonyl (C=O) groups excluding carboxylic acids is 1. The van der Waals surface area contributed by atoms with Crippen molar-refractivity contribution in [2.24, 2.45) is 0 Å². The van der Waals surface area contributed by atoms with Crippen molar-refractivity contribution in [1.82, 2.24) is 0 Å². The highest BCUT2D eigenvalue weighted by Crippen LogP contribution is 2.41. The second-order valence-corrected chi connectivity index (χ2v) is 4.65. The lowest BCUT2D eigenvalue weighted by Crippen LogP contribution is -2.08. The average molecular weight is 264 g/mol. The van der Waals surface area contributed by atoms with Gasteiger partial charge in [0.15, 0.2) is 11.5 Å².